The first-order chi connectivity index (χ1) is 11.3. The third kappa shape index (κ3) is 4.55. The fourth-order valence-corrected chi connectivity index (χ4v) is 3.40. The van der Waals surface area contributed by atoms with Gasteiger partial charge in [0.25, 0.3) is 5.91 Å². The number of hydrogen-bond acceptors (Lipinski definition) is 5. The fraction of sp³-hybridized carbons (Fsp3) is 0.500. The summed E-state index contributed by atoms with van der Waals surface area (Å²) in [5, 5.41) is 0. The van der Waals surface area contributed by atoms with Gasteiger partial charge in [0, 0.05) is 13.1 Å². The maximum absolute atomic E-state index is 12.1. The number of nitrogens with one attached hydrogen (secondary N) is 1. The van der Waals surface area contributed by atoms with Crippen molar-refractivity contribution in [2.75, 3.05) is 26.7 Å². The number of carbonyl (C=O) groups excluding carboxylic acids is 2. The smallest absolute Gasteiger partial charge is 0.338 e. The highest BCUT2D eigenvalue weighted by molar-refractivity contribution is 7.89. The highest BCUT2D eigenvalue weighted by atomic mass is 32.2. The summed E-state index contributed by atoms with van der Waals surface area (Å²) in [5.74, 6) is -0.503. The van der Waals surface area contributed by atoms with Gasteiger partial charge in [-0.15, -0.1) is 0 Å². The van der Waals surface area contributed by atoms with Crippen molar-refractivity contribution < 1.29 is 22.7 Å². The Labute approximate surface area is 142 Å². The second kappa shape index (κ2) is 7.76. The van der Waals surface area contributed by atoms with E-state index >= 15 is 0 Å². The van der Waals surface area contributed by atoms with Crippen molar-refractivity contribution in [3.05, 3.63) is 29.8 Å². The monoisotopic (exact) mass is 354 g/mol. The number of carbonyl (C=O) groups is 2. The third-order valence-electron chi connectivity index (χ3n) is 3.99. The summed E-state index contributed by atoms with van der Waals surface area (Å²) >= 11 is 0. The molecule has 2 rings (SSSR count). The molecule has 0 spiro atoms. The number of nitrogens with zero attached hydrogens (tertiary/aromatic N) is 1. The van der Waals surface area contributed by atoms with Crippen LogP contribution in [0.3, 0.4) is 0 Å². The van der Waals surface area contributed by atoms with Gasteiger partial charge in [0.2, 0.25) is 10.0 Å². The van der Waals surface area contributed by atoms with Crippen molar-refractivity contribution >= 4 is 21.9 Å². The second-order valence-corrected chi connectivity index (χ2v) is 7.79. The van der Waals surface area contributed by atoms with E-state index in [1.807, 2.05) is 0 Å². The number of benzene rings is 1. The standard InChI is InChI=1S/C16H22N2O5S/c1-12-5-4-8-18(10-12)15(19)11-23-16(20)13-6-3-7-14(9-13)24(21,22)17-2/h3,6-7,9,12,17H,4-5,8,10-11H2,1-2H3/t12-/m1/s1. The molecule has 0 aromatic heterocycles. The lowest BCUT2D eigenvalue weighted by Gasteiger charge is -2.30. The molecular weight excluding hydrogens is 332 g/mol. The van der Waals surface area contributed by atoms with Gasteiger partial charge in [0.05, 0.1) is 10.5 Å². The molecule has 0 saturated carbocycles. The van der Waals surface area contributed by atoms with Crippen molar-refractivity contribution in [2.24, 2.45) is 5.92 Å². The second-order valence-electron chi connectivity index (χ2n) is 5.90. The summed E-state index contributed by atoms with van der Waals surface area (Å²) in [5.41, 5.74) is 0.0890. The Kier molecular flexibility index (Phi) is 5.95. The van der Waals surface area contributed by atoms with Crippen molar-refractivity contribution in [3.8, 4) is 0 Å². The number of hydrogen-bond donors (Lipinski definition) is 1. The SMILES string of the molecule is CNS(=O)(=O)c1cccc(C(=O)OCC(=O)N2CCC[C@@H](C)C2)c1. The Balaban J connectivity index is 1.98. The number of sulfonamides is 1. The van der Waals surface area contributed by atoms with Gasteiger partial charge in [-0.1, -0.05) is 13.0 Å². The first kappa shape index (κ1) is 18.4. The lowest BCUT2D eigenvalue weighted by molar-refractivity contribution is -0.136. The van der Waals surface area contributed by atoms with E-state index in [9.17, 15) is 18.0 Å². The van der Waals surface area contributed by atoms with Gasteiger partial charge in [0.15, 0.2) is 6.61 Å². The third-order valence-corrected chi connectivity index (χ3v) is 5.40. The zero-order chi connectivity index (χ0) is 17.7. The van der Waals surface area contributed by atoms with Gasteiger partial charge >= 0.3 is 5.97 Å². The van der Waals surface area contributed by atoms with Gasteiger partial charge in [-0.3, -0.25) is 4.79 Å². The van der Waals surface area contributed by atoms with Crippen molar-refractivity contribution in [1.29, 1.82) is 0 Å². The molecule has 0 unspecified atom stereocenters. The van der Waals surface area contributed by atoms with Gasteiger partial charge in [-0.2, -0.15) is 0 Å². The molecule has 0 bridgehead atoms. The number of likely N-dealkylation sites (tertiary alicyclic amines) is 1. The molecule has 24 heavy (non-hydrogen) atoms. The van der Waals surface area contributed by atoms with E-state index in [0.717, 1.165) is 12.8 Å². The minimum atomic E-state index is -3.64. The minimum Gasteiger partial charge on any atom is -0.452 e. The van der Waals surface area contributed by atoms with E-state index in [1.165, 1.54) is 31.3 Å². The maximum atomic E-state index is 12.1. The molecule has 132 valence electrons. The van der Waals surface area contributed by atoms with Crippen LogP contribution in [0.4, 0.5) is 0 Å². The lowest BCUT2D eigenvalue weighted by Crippen LogP contribution is -2.41. The van der Waals surface area contributed by atoms with Crippen LogP contribution in [0.2, 0.25) is 0 Å². The van der Waals surface area contributed by atoms with Gasteiger partial charge in [-0.25, -0.2) is 17.9 Å². The maximum Gasteiger partial charge on any atom is 0.338 e. The van der Waals surface area contributed by atoms with E-state index < -0.39 is 16.0 Å². The summed E-state index contributed by atoms with van der Waals surface area (Å²) < 4.78 is 30.7. The summed E-state index contributed by atoms with van der Waals surface area (Å²) in [6, 6.07) is 5.50. The molecule has 7 nitrogen and oxygen atoms in total. The molecule has 1 N–H and O–H groups in total. The molecule has 1 saturated heterocycles. The van der Waals surface area contributed by atoms with Crippen molar-refractivity contribution in [1.82, 2.24) is 9.62 Å². The molecule has 1 aliphatic heterocycles. The molecule has 1 aromatic carbocycles. The van der Waals surface area contributed by atoms with E-state index in [4.69, 9.17) is 4.74 Å². The first-order valence-electron chi connectivity index (χ1n) is 7.82. The molecule has 1 aromatic rings. The molecule has 0 radical (unpaired) electrons. The molecule has 1 amide bonds. The molecule has 1 atom stereocenters. The van der Waals surface area contributed by atoms with Crippen LogP contribution in [0.1, 0.15) is 30.1 Å². The van der Waals surface area contributed by atoms with Crippen LogP contribution in [0.15, 0.2) is 29.2 Å². The van der Waals surface area contributed by atoms with Crippen LogP contribution in [0, 0.1) is 5.92 Å². The van der Waals surface area contributed by atoms with Crippen molar-refractivity contribution in [2.45, 2.75) is 24.7 Å². The van der Waals surface area contributed by atoms with E-state index in [-0.39, 0.29) is 23.0 Å². The lowest BCUT2D eigenvalue weighted by atomic mass is 10.0. The number of rotatable bonds is 5. The number of ether oxygens (including phenoxy) is 1. The fourth-order valence-electron chi connectivity index (χ4n) is 2.63. The van der Waals surface area contributed by atoms with Crippen LogP contribution in [0.5, 0.6) is 0 Å². The normalized spacial score (nSPS) is 18.2. The number of piperidine rings is 1. The molecule has 0 aliphatic carbocycles. The van der Waals surface area contributed by atoms with Crippen LogP contribution in [0.25, 0.3) is 0 Å². The average Bonchev–Trinajstić information content (AvgIpc) is 2.59. The highest BCUT2D eigenvalue weighted by Gasteiger charge is 2.22. The summed E-state index contributed by atoms with van der Waals surface area (Å²) in [4.78, 5) is 25.8. The molecule has 1 aliphatic rings. The quantitative estimate of drug-likeness (QED) is 0.797. The van der Waals surface area contributed by atoms with E-state index in [0.29, 0.717) is 19.0 Å². The van der Waals surface area contributed by atoms with Crippen molar-refractivity contribution in [3.63, 3.8) is 0 Å². The Bertz CT molecular complexity index is 717. The van der Waals surface area contributed by atoms with E-state index in [2.05, 4.69) is 11.6 Å². The average molecular weight is 354 g/mol. The zero-order valence-electron chi connectivity index (χ0n) is 13.8. The molecule has 1 heterocycles. The van der Waals surface area contributed by atoms with Crippen LogP contribution >= 0.6 is 0 Å². The molecule has 1 fully saturated rings. The number of esters is 1. The predicted molar refractivity (Wildman–Crippen MR) is 87.9 cm³/mol. The van der Waals surface area contributed by atoms with Crippen LogP contribution in [-0.4, -0.2) is 51.9 Å². The summed E-state index contributed by atoms with van der Waals surface area (Å²) in [6.07, 6.45) is 2.04. The minimum absolute atomic E-state index is 0.0318. The molecular formula is C16H22N2O5S. The van der Waals surface area contributed by atoms with Gasteiger partial charge in [0.1, 0.15) is 0 Å². The van der Waals surface area contributed by atoms with E-state index in [1.54, 1.807) is 4.90 Å². The first-order valence-corrected chi connectivity index (χ1v) is 9.30. The van der Waals surface area contributed by atoms with Gasteiger partial charge < -0.3 is 9.64 Å². The largest absolute Gasteiger partial charge is 0.452 e. The summed E-state index contributed by atoms with van der Waals surface area (Å²) in [6.45, 7) is 3.09. The highest BCUT2D eigenvalue weighted by Crippen LogP contribution is 2.16. The predicted octanol–water partition coefficient (Wildman–Crippen LogP) is 1.01. The topological polar surface area (TPSA) is 92.8 Å². The zero-order valence-corrected chi connectivity index (χ0v) is 14.6. The van der Waals surface area contributed by atoms with Gasteiger partial charge in [-0.05, 0) is 44.0 Å². The Morgan fingerprint density at radius 2 is 2.12 bits per heavy atom. The Morgan fingerprint density at radius 1 is 1.38 bits per heavy atom. The van der Waals surface area contributed by atoms with Crippen LogP contribution in [-0.2, 0) is 19.6 Å². The summed E-state index contributed by atoms with van der Waals surface area (Å²) in [7, 11) is -2.35. The Morgan fingerprint density at radius 3 is 2.79 bits per heavy atom. The number of amides is 1. The van der Waals surface area contributed by atoms with Crippen LogP contribution < -0.4 is 4.72 Å². The Hall–Kier alpha value is -1.93. The molecule has 8 heteroatoms.